The zero-order valence-electron chi connectivity index (χ0n) is 15.0. The summed E-state index contributed by atoms with van der Waals surface area (Å²) in [6, 6.07) is 16.9. The molecule has 0 radical (unpaired) electrons. The van der Waals surface area contributed by atoms with Gasteiger partial charge in [0.1, 0.15) is 0 Å². The lowest BCUT2D eigenvalue weighted by Crippen LogP contribution is -2.28. The van der Waals surface area contributed by atoms with Crippen LogP contribution in [0, 0.1) is 0 Å². The average molecular weight is 360 g/mol. The maximum Gasteiger partial charge on any atom is 0.277 e. The molecule has 2 N–H and O–H groups in total. The van der Waals surface area contributed by atoms with Crippen molar-refractivity contribution >= 4 is 11.9 Å². The van der Waals surface area contributed by atoms with Gasteiger partial charge in [-0.25, -0.2) is 15.4 Å². The van der Waals surface area contributed by atoms with Crippen LogP contribution in [-0.2, 0) is 12.8 Å². The number of aromatic nitrogens is 2. The number of hydroxylamine groups is 1. The molecule has 1 aromatic heterocycles. The lowest BCUT2D eigenvalue weighted by molar-refractivity contribution is 0.0705. The van der Waals surface area contributed by atoms with Crippen LogP contribution < -0.4 is 10.4 Å². The molecule has 136 valence electrons. The molecule has 6 heteroatoms. The fraction of sp³-hybridized carbons (Fsp3) is 0.190. The standard InChI is InChI=1S/C21H20N4O2/c1-25(21-22-12-16(13-23-21)20(26)24-27)19-17-8-4-2-6-14(17)10-11-15-7-3-5-9-18(15)19/h2-9,12-13,19,27H,10-11H2,1H3,(H,24,26). The van der Waals surface area contributed by atoms with Crippen molar-refractivity contribution in [3.8, 4) is 0 Å². The van der Waals surface area contributed by atoms with Crippen LogP contribution in [0.5, 0.6) is 0 Å². The summed E-state index contributed by atoms with van der Waals surface area (Å²) in [5.74, 6) is -0.115. The lowest BCUT2D eigenvalue weighted by atomic mass is 9.94. The second kappa shape index (κ2) is 7.17. The van der Waals surface area contributed by atoms with Crippen molar-refractivity contribution in [3.63, 3.8) is 0 Å². The number of hydrogen-bond donors (Lipinski definition) is 2. The molecule has 0 spiro atoms. The average Bonchev–Trinajstić information content (AvgIpc) is 2.89. The highest BCUT2D eigenvalue weighted by Crippen LogP contribution is 2.37. The highest BCUT2D eigenvalue weighted by molar-refractivity contribution is 5.92. The predicted octanol–water partition coefficient (Wildman–Crippen LogP) is 2.92. The van der Waals surface area contributed by atoms with Crippen molar-refractivity contribution in [2.24, 2.45) is 0 Å². The molecule has 0 saturated heterocycles. The van der Waals surface area contributed by atoms with E-state index in [0.717, 1.165) is 12.8 Å². The summed E-state index contributed by atoms with van der Waals surface area (Å²) in [7, 11) is 1.96. The Morgan fingerprint density at radius 2 is 1.52 bits per heavy atom. The molecule has 0 unspecified atom stereocenters. The van der Waals surface area contributed by atoms with E-state index in [9.17, 15) is 4.79 Å². The third-order valence-corrected chi connectivity index (χ3v) is 5.07. The number of anilines is 1. The Balaban J connectivity index is 1.79. The van der Waals surface area contributed by atoms with Gasteiger partial charge in [-0.3, -0.25) is 10.0 Å². The van der Waals surface area contributed by atoms with Crippen molar-refractivity contribution in [2.45, 2.75) is 18.9 Å². The number of fused-ring (bicyclic) bond motifs is 2. The second-order valence-corrected chi connectivity index (χ2v) is 6.62. The van der Waals surface area contributed by atoms with E-state index in [1.165, 1.54) is 34.6 Å². The first kappa shape index (κ1) is 17.2. The van der Waals surface area contributed by atoms with Crippen LogP contribution in [0.2, 0.25) is 0 Å². The van der Waals surface area contributed by atoms with E-state index >= 15 is 0 Å². The first-order valence-electron chi connectivity index (χ1n) is 8.84. The minimum atomic E-state index is -0.630. The molecule has 0 atom stereocenters. The van der Waals surface area contributed by atoms with Crippen LogP contribution >= 0.6 is 0 Å². The Kier molecular flexibility index (Phi) is 4.56. The van der Waals surface area contributed by atoms with E-state index in [1.54, 1.807) is 5.48 Å². The van der Waals surface area contributed by atoms with Crippen molar-refractivity contribution in [3.05, 3.63) is 88.7 Å². The van der Waals surface area contributed by atoms with Gasteiger partial charge < -0.3 is 4.90 Å². The van der Waals surface area contributed by atoms with Crippen molar-refractivity contribution in [2.75, 3.05) is 11.9 Å². The molecule has 2 aromatic carbocycles. The molecule has 4 rings (SSSR count). The molecule has 0 aliphatic heterocycles. The topological polar surface area (TPSA) is 78.4 Å². The highest BCUT2D eigenvalue weighted by atomic mass is 16.5. The molecule has 0 fully saturated rings. The summed E-state index contributed by atoms with van der Waals surface area (Å²) in [5, 5.41) is 8.75. The quantitative estimate of drug-likeness (QED) is 0.555. The van der Waals surface area contributed by atoms with E-state index in [4.69, 9.17) is 5.21 Å². The van der Waals surface area contributed by atoms with Gasteiger partial charge in [-0.2, -0.15) is 0 Å². The van der Waals surface area contributed by atoms with E-state index in [0.29, 0.717) is 5.95 Å². The van der Waals surface area contributed by atoms with E-state index < -0.39 is 5.91 Å². The third kappa shape index (κ3) is 3.15. The first-order valence-corrected chi connectivity index (χ1v) is 8.84. The van der Waals surface area contributed by atoms with Gasteiger partial charge in [0.25, 0.3) is 5.91 Å². The van der Waals surface area contributed by atoms with Crippen LogP contribution in [0.25, 0.3) is 0 Å². The molecule has 1 aliphatic rings. The number of hydrogen-bond acceptors (Lipinski definition) is 5. The number of carbonyl (C=O) groups is 1. The maximum atomic E-state index is 11.5. The molecule has 1 aliphatic carbocycles. The van der Waals surface area contributed by atoms with Gasteiger partial charge in [0, 0.05) is 19.4 Å². The second-order valence-electron chi connectivity index (χ2n) is 6.62. The minimum absolute atomic E-state index is 0.0163. The maximum absolute atomic E-state index is 11.5. The smallest absolute Gasteiger partial charge is 0.277 e. The molecule has 27 heavy (non-hydrogen) atoms. The number of aryl methyl sites for hydroxylation is 2. The van der Waals surface area contributed by atoms with Crippen molar-refractivity contribution < 1.29 is 10.0 Å². The molecular weight excluding hydrogens is 340 g/mol. The van der Waals surface area contributed by atoms with Crippen molar-refractivity contribution in [1.82, 2.24) is 15.4 Å². The Morgan fingerprint density at radius 3 is 2.04 bits per heavy atom. The monoisotopic (exact) mass is 360 g/mol. The minimum Gasteiger partial charge on any atom is -0.333 e. The van der Waals surface area contributed by atoms with Gasteiger partial charge in [-0.15, -0.1) is 0 Å². The van der Waals surface area contributed by atoms with Crippen LogP contribution in [0.15, 0.2) is 60.9 Å². The predicted molar refractivity (Wildman–Crippen MR) is 102 cm³/mol. The van der Waals surface area contributed by atoms with Crippen LogP contribution in [-0.4, -0.2) is 28.1 Å². The summed E-state index contributed by atoms with van der Waals surface area (Å²) in [5.41, 5.74) is 6.93. The summed E-state index contributed by atoms with van der Waals surface area (Å²) < 4.78 is 0. The fourth-order valence-corrected chi connectivity index (χ4v) is 3.71. The van der Waals surface area contributed by atoms with Gasteiger partial charge in [-0.05, 0) is 35.1 Å². The third-order valence-electron chi connectivity index (χ3n) is 5.07. The molecule has 6 nitrogen and oxygen atoms in total. The van der Waals surface area contributed by atoms with E-state index in [-0.39, 0.29) is 11.6 Å². The van der Waals surface area contributed by atoms with Crippen molar-refractivity contribution in [1.29, 1.82) is 0 Å². The Hall–Kier alpha value is -3.25. The Labute approximate surface area is 157 Å². The number of rotatable bonds is 3. The lowest BCUT2D eigenvalue weighted by Gasteiger charge is -2.30. The Bertz CT molecular complexity index is 924. The molecule has 1 heterocycles. The summed E-state index contributed by atoms with van der Waals surface area (Å²) in [4.78, 5) is 22.2. The molecule has 0 saturated carbocycles. The van der Waals surface area contributed by atoms with Gasteiger partial charge in [-0.1, -0.05) is 48.5 Å². The van der Waals surface area contributed by atoms with Crippen LogP contribution in [0.4, 0.5) is 5.95 Å². The van der Waals surface area contributed by atoms with Gasteiger partial charge >= 0.3 is 0 Å². The van der Waals surface area contributed by atoms with Gasteiger partial charge in [0.05, 0.1) is 11.6 Å². The molecular formula is C21H20N4O2. The van der Waals surface area contributed by atoms with Gasteiger partial charge in [0.2, 0.25) is 5.95 Å². The summed E-state index contributed by atoms with van der Waals surface area (Å²) in [6.45, 7) is 0. The Morgan fingerprint density at radius 1 is 1.00 bits per heavy atom. The summed E-state index contributed by atoms with van der Waals surface area (Å²) >= 11 is 0. The summed E-state index contributed by atoms with van der Waals surface area (Å²) in [6.07, 6.45) is 4.82. The first-order chi connectivity index (χ1) is 13.2. The number of benzene rings is 2. The zero-order chi connectivity index (χ0) is 18.8. The number of nitrogens with one attached hydrogen (secondary N) is 1. The highest BCUT2D eigenvalue weighted by Gasteiger charge is 2.28. The molecule has 0 bridgehead atoms. The van der Waals surface area contributed by atoms with E-state index in [2.05, 4.69) is 58.5 Å². The van der Waals surface area contributed by atoms with Crippen LogP contribution in [0.1, 0.15) is 38.7 Å². The largest absolute Gasteiger partial charge is 0.333 e. The molecule has 1 amide bonds. The SMILES string of the molecule is CN(c1ncc(C(=O)NO)cn1)C1c2ccccc2CCc2ccccc21. The van der Waals surface area contributed by atoms with Gasteiger partial charge in [0.15, 0.2) is 0 Å². The number of nitrogens with zero attached hydrogens (tertiary/aromatic N) is 3. The molecule has 3 aromatic rings. The number of amides is 1. The fourth-order valence-electron chi connectivity index (χ4n) is 3.71. The van der Waals surface area contributed by atoms with E-state index in [1.807, 2.05) is 11.9 Å². The zero-order valence-corrected chi connectivity index (χ0v) is 15.0. The number of carbonyl (C=O) groups excluding carboxylic acids is 1. The van der Waals surface area contributed by atoms with Crippen LogP contribution in [0.3, 0.4) is 0 Å². The normalized spacial score (nSPS) is 13.3.